The first-order valence-electron chi connectivity index (χ1n) is 6.53. The van der Waals surface area contributed by atoms with Gasteiger partial charge in [0, 0.05) is 36.2 Å². The SMILES string of the molecule is OCC1CN(CC2CSc3ccccc32)CCO1. The number of aliphatic hydroxyl groups excluding tert-OH is 1. The summed E-state index contributed by atoms with van der Waals surface area (Å²) in [6.45, 7) is 3.81. The van der Waals surface area contributed by atoms with Crippen LogP contribution in [-0.4, -0.2) is 54.7 Å². The molecular formula is C14H19NO2S. The maximum atomic E-state index is 9.17. The van der Waals surface area contributed by atoms with Crippen LogP contribution in [0.1, 0.15) is 11.5 Å². The van der Waals surface area contributed by atoms with Crippen LogP contribution < -0.4 is 0 Å². The van der Waals surface area contributed by atoms with Gasteiger partial charge in [-0.05, 0) is 11.6 Å². The van der Waals surface area contributed by atoms with E-state index in [0.717, 1.165) is 26.2 Å². The van der Waals surface area contributed by atoms with Crippen molar-refractivity contribution in [2.45, 2.75) is 16.9 Å². The maximum Gasteiger partial charge on any atom is 0.0932 e. The molecule has 2 atom stereocenters. The fraction of sp³-hybridized carbons (Fsp3) is 0.571. The molecule has 0 aliphatic carbocycles. The summed E-state index contributed by atoms with van der Waals surface area (Å²) in [6.07, 6.45) is 0.00282. The van der Waals surface area contributed by atoms with Crippen molar-refractivity contribution in [3.05, 3.63) is 29.8 Å². The molecule has 0 amide bonds. The molecule has 0 aromatic heterocycles. The molecule has 1 aromatic rings. The summed E-state index contributed by atoms with van der Waals surface area (Å²) in [6, 6.07) is 8.72. The monoisotopic (exact) mass is 265 g/mol. The number of aliphatic hydroxyl groups is 1. The van der Waals surface area contributed by atoms with Crippen molar-refractivity contribution in [2.75, 3.05) is 38.6 Å². The highest BCUT2D eigenvalue weighted by molar-refractivity contribution is 7.99. The lowest BCUT2D eigenvalue weighted by Crippen LogP contribution is -2.45. The minimum atomic E-state index is 0.00282. The molecule has 2 aliphatic heterocycles. The third kappa shape index (κ3) is 2.57. The largest absolute Gasteiger partial charge is 0.394 e. The predicted molar refractivity (Wildman–Crippen MR) is 73.2 cm³/mol. The van der Waals surface area contributed by atoms with Gasteiger partial charge in [-0.15, -0.1) is 11.8 Å². The molecular weight excluding hydrogens is 246 g/mol. The van der Waals surface area contributed by atoms with Crippen molar-refractivity contribution in [3.63, 3.8) is 0 Å². The molecule has 1 saturated heterocycles. The van der Waals surface area contributed by atoms with E-state index in [-0.39, 0.29) is 12.7 Å². The lowest BCUT2D eigenvalue weighted by Gasteiger charge is -2.33. The van der Waals surface area contributed by atoms with Gasteiger partial charge < -0.3 is 9.84 Å². The van der Waals surface area contributed by atoms with Crippen molar-refractivity contribution in [3.8, 4) is 0 Å². The van der Waals surface area contributed by atoms with Crippen LogP contribution in [0.2, 0.25) is 0 Å². The summed E-state index contributed by atoms with van der Waals surface area (Å²) in [7, 11) is 0. The summed E-state index contributed by atoms with van der Waals surface area (Å²) < 4.78 is 5.49. The Labute approximate surface area is 112 Å². The van der Waals surface area contributed by atoms with E-state index in [2.05, 4.69) is 29.2 Å². The second kappa shape index (κ2) is 5.61. The topological polar surface area (TPSA) is 32.7 Å². The number of morpholine rings is 1. The quantitative estimate of drug-likeness (QED) is 0.899. The third-order valence-corrected chi connectivity index (χ3v) is 4.96. The Morgan fingerprint density at radius 2 is 2.28 bits per heavy atom. The second-order valence-electron chi connectivity index (χ2n) is 4.98. The van der Waals surface area contributed by atoms with E-state index in [1.165, 1.54) is 16.2 Å². The molecule has 3 nitrogen and oxygen atoms in total. The van der Waals surface area contributed by atoms with Crippen molar-refractivity contribution in [2.24, 2.45) is 0 Å². The first-order chi connectivity index (χ1) is 8.86. The highest BCUT2D eigenvalue weighted by Crippen LogP contribution is 2.39. The van der Waals surface area contributed by atoms with Crippen LogP contribution in [0, 0.1) is 0 Å². The van der Waals surface area contributed by atoms with Gasteiger partial charge in [0.1, 0.15) is 0 Å². The fourth-order valence-corrected chi connectivity index (χ4v) is 3.99. The Morgan fingerprint density at radius 1 is 1.39 bits per heavy atom. The molecule has 2 heterocycles. The van der Waals surface area contributed by atoms with E-state index < -0.39 is 0 Å². The van der Waals surface area contributed by atoms with E-state index in [4.69, 9.17) is 4.74 Å². The summed E-state index contributed by atoms with van der Waals surface area (Å²) in [5, 5.41) is 9.17. The van der Waals surface area contributed by atoms with Gasteiger partial charge in [0.25, 0.3) is 0 Å². The smallest absolute Gasteiger partial charge is 0.0932 e. The lowest BCUT2D eigenvalue weighted by atomic mass is 10.0. The van der Waals surface area contributed by atoms with Crippen LogP contribution in [0.5, 0.6) is 0 Å². The predicted octanol–water partition coefficient (Wildman–Crippen LogP) is 1.57. The van der Waals surface area contributed by atoms with Gasteiger partial charge in [-0.25, -0.2) is 0 Å². The summed E-state index contributed by atoms with van der Waals surface area (Å²) >= 11 is 1.96. The zero-order valence-electron chi connectivity index (χ0n) is 10.4. The number of hydrogen-bond acceptors (Lipinski definition) is 4. The van der Waals surface area contributed by atoms with Crippen molar-refractivity contribution < 1.29 is 9.84 Å². The first-order valence-corrected chi connectivity index (χ1v) is 7.52. The molecule has 3 rings (SSSR count). The third-order valence-electron chi connectivity index (χ3n) is 3.70. The van der Waals surface area contributed by atoms with Crippen LogP contribution in [0.15, 0.2) is 29.2 Å². The highest BCUT2D eigenvalue weighted by Gasteiger charge is 2.27. The van der Waals surface area contributed by atoms with Gasteiger partial charge in [0.05, 0.1) is 19.3 Å². The van der Waals surface area contributed by atoms with Gasteiger partial charge in [-0.3, -0.25) is 4.90 Å². The number of benzene rings is 1. The number of hydrogen-bond donors (Lipinski definition) is 1. The Bertz CT molecular complexity index is 413. The summed E-state index contributed by atoms with van der Waals surface area (Å²) in [4.78, 5) is 3.87. The number of fused-ring (bicyclic) bond motifs is 1. The minimum absolute atomic E-state index is 0.00282. The Balaban J connectivity index is 1.64. The number of thioether (sulfide) groups is 1. The van der Waals surface area contributed by atoms with Gasteiger partial charge in [-0.1, -0.05) is 18.2 Å². The minimum Gasteiger partial charge on any atom is -0.394 e. The van der Waals surface area contributed by atoms with Crippen LogP contribution >= 0.6 is 11.8 Å². The molecule has 98 valence electrons. The molecule has 18 heavy (non-hydrogen) atoms. The van der Waals surface area contributed by atoms with Crippen molar-refractivity contribution in [1.82, 2.24) is 4.90 Å². The molecule has 4 heteroatoms. The zero-order chi connectivity index (χ0) is 12.4. The highest BCUT2D eigenvalue weighted by atomic mass is 32.2. The zero-order valence-corrected chi connectivity index (χ0v) is 11.2. The summed E-state index contributed by atoms with van der Waals surface area (Å²) in [5.74, 6) is 1.81. The van der Waals surface area contributed by atoms with E-state index in [1.807, 2.05) is 11.8 Å². The molecule has 0 bridgehead atoms. The van der Waals surface area contributed by atoms with E-state index >= 15 is 0 Å². The normalized spacial score (nSPS) is 28.3. The van der Waals surface area contributed by atoms with Gasteiger partial charge in [-0.2, -0.15) is 0 Å². The van der Waals surface area contributed by atoms with Crippen LogP contribution in [0.4, 0.5) is 0 Å². The average Bonchev–Trinajstić information content (AvgIpc) is 2.83. The van der Waals surface area contributed by atoms with Crippen molar-refractivity contribution >= 4 is 11.8 Å². The van der Waals surface area contributed by atoms with Crippen LogP contribution in [0.3, 0.4) is 0 Å². The van der Waals surface area contributed by atoms with Gasteiger partial charge in [0.2, 0.25) is 0 Å². The van der Waals surface area contributed by atoms with Gasteiger partial charge >= 0.3 is 0 Å². The molecule has 0 radical (unpaired) electrons. The Hall–Kier alpha value is -0.550. The number of ether oxygens (including phenoxy) is 1. The molecule has 1 aromatic carbocycles. The van der Waals surface area contributed by atoms with E-state index in [1.54, 1.807) is 0 Å². The Morgan fingerprint density at radius 3 is 3.17 bits per heavy atom. The molecule has 0 saturated carbocycles. The molecule has 2 aliphatic rings. The molecule has 1 N–H and O–H groups in total. The van der Waals surface area contributed by atoms with E-state index in [9.17, 15) is 5.11 Å². The number of rotatable bonds is 3. The van der Waals surface area contributed by atoms with Gasteiger partial charge in [0.15, 0.2) is 0 Å². The first kappa shape index (κ1) is 12.5. The standard InChI is InChI=1S/C14H19NO2S/c16-9-12-8-15(5-6-17-12)7-11-10-18-14-4-2-1-3-13(11)14/h1-4,11-12,16H,5-10H2. The summed E-state index contributed by atoms with van der Waals surface area (Å²) in [5.41, 5.74) is 1.49. The number of nitrogens with zero attached hydrogens (tertiary/aromatic N) is 1. The Kier molecular flexibility index (Phi) is 3.89. The second-order valence-corrected chi connectivity index (χ2v) is 6.04. The molecule has 0 spiro atoms. The lowest BCUT2D eigenvalue weighted by molar-refractivity contribution is -0.0535. The molecule has 2 unspecified atom stereocenters. The van der Waals surface area contributed by atoms with Crippen LogP contribution in [0.25, 0.3) is 0 Å². The van der Waals surface area contributed by atoms with Crippen molar-refractivity contribution in [1.29, 1.82) is 0 Å². The maximum absolute atomic E-state index is 9.17. The van der Waals surface area contributed by atoms with Crippen LogP contribution in [-0.2, 0) is 4.74 Å². The molecule has 1 fully saturated rings. The fourth-order valence-electron chi connectivity index (χ4n) is 2.75. The average molecular weight is 265 g/mol. The van der Waals surface area contributed by atoms with E-state index in [0.29, 0.717) is 5.92 Å².